The second-order valence-corrected chi connectivity index (χ2v) is 9.84. The summed E-state index contributed by atoms with van der Waals surface area (Å²) in [6.45, 7) is 4.82. The third-order valence-electron chi connectivity index (χ3n) is 7.25. The van der Waals surface area contributed by atoms with E-state index in [1.165, 1.54) is 11.1 Å². The zero-order valence-corrected chi connectivity index (χ0v) is 20.4. The van der Waals surface area contributed by atoms with E-state index in [-0.39, 0.29) is 43.4 Å². The summed E-state index contributed by atoms with van der Waals surface area (Å²) < 4.78 is 5.62. The van der Waals surface area contributed by atoms with Gasteiger partial charge in [0.25, 0.3) is 0 Å². The van der Waals surface area contributed by atoms with E-state index >= 15 is 0 Å². The van der Waals surface area contributed by atoms with Crippen LogP contribution >= 0.6 is 0 Å². The number of carbonyl (C=O) groups excluding carboxylic acids is 2. The topological polar surface area (TPSA) is 95.9 Å². The van der Waals surface area contributed by atoms with E-state index in [0.29, 0.717) is 13.0 Å². The molecule has 0 aromatic heterocycles. The van der Waals surface area contributed by atoms with Gasteiger partial charge in [-0.3, -0.25) is 9.59 Å². The highest BCUT2D eigenvalue weighted by atomic mass is 16.5. The zero-order chi connectivity index (χ0) is 24.9. The van der Waals surface area contributed by atoms with Gasteiger partial charge in [0.05, 0.1) is 12.3 Å². The molecule has 2 N–H and O–H groups in total. The quantitative estimate of drug-likeness (QED) is 0.576. The Morgan fingerprint density at radius 1 is 1.03 bits per heavy atom. The molecule has 2 aromatic carbocycles. The maximum Gasteiger partial charge on any atom is 0.407 e. The molecular weight excluding hydrogens is 444 g/mol. The molecule has 35 heavy (non-hydrogen) atoms. The van der Waals surface area contributed by atoms with Gasteiger partial charge in [-0.1, -0.05) is 62.4 Å². The first kappa shape index (κ1) is 24.8. The van der Waals surface area contributed by atoms with Gasteiger partial charge in [-0.15, -0.1) is 0 Å². The molecule has 1 aliphatic heterocycles. The molecule has 0 spiro atoms. The van der Waals surface area contributed by atoms with Gasteiger partial charge in [0.2, 0.25) is 5.91 Å². The summed E-state index contributed by atoms with van der Waals surface area (Å²) in [6, 6.07) is 16.0. The molecule has 186 valence electrons. The predicted octanol–water partition coefficient (Wildman–Crippen LogP) is 4.65. The highest BCUT2D eigenvalue weighted by molar-refractivity contribution is 5.81. The van der Waals surface area contributed by atoms with Gasteiger partial charge in [0.15, 0.2) is 0 Å². The number of carboxylic acid groups (broad SMARTS) is 1. The van der Waals surface area contributed by atoms with Crippen molar-refractivity contribution in [3.8, 4) is 11.1 Å². The minimum Gasteiger partial charge on any atom is -0.481 e. The molecule has 7 heteroatoms. The molecule has 4 rings (SSSR count). The van der Waals surface area contributed by atoms with Crippen molar-refractivity contribution < 1.29 is 24.2 Å². The van der Waals surface area contributed by atoms with Crippen molar-refractivity contribution in [1.82, 2.24) is 10.2 Å². The van der Waals surface area contributed by atoms with E-state index in [0.717, 1.165) is 24.0 Å². The lowest BCUT2D eigenvalue weighted by molar-refractivity contribution is -0.144. The molecule has 0 radical (unpaired) electrons. The fourth-order valence-electron chi connectivity index (χ4n) is 5.37. The third-order valence-corrected chi connectivity index (χ3v) is 7.25. The lowest BCUT2D eigenvalue weighted by Crippen LogP contribution is -2.50. The molecule has 1 unspecified atom stereocenters. The SMILES string of the molecule is CC(C)C(CNC(=O)OCC1c2ccccc2-c2ccccc21)C(=O)N1CCCC[C@H]1CC(=O)O. The number of hydrogen-bond acceptors (Lipinski definition) is 4. The van der Waals surface area contributed by atoms with E-state index in [1.807, 2.05) is 38.1 Å². The van der Waals surface area contributed by atoms with Crippen LogP contribution in [0.1, 0.15) is 56.6 Å². The summed E-state index contributed by atoms with van der Waals surface area (Å²) in [4.78, 5) is 38.9. The first-order valence-electron chi connectivity index (χ1n) is 12.5. The molecule has 2 amide bonds. The standard InChI is InChI=1S/C28H34N2O5/c1-18(2)24(27(33)30-14-8-7-9-19(30)15-26(31)32)16-29-28(34)35-17-25-22-12-5-3-10-20(22)21-11-4-6-13-23(21)25/h3-6,10-13,18-19,24-25H,7-9,14-17H2,1-2H3,(H,29,34)(H,31,32)/t19-,24?/m0/s1. The predicted molar refractivity (Wildman–Crippen MR) is 133 cm³/mol. The van der Waals surface area contributed by atoms with E-state index in [2.05, 4.69) is 29.6 Å². The monoisotopic (exact) mass is 478 g/mol. The normalized spacial score (nSPS) is 18.0. The number of rotatable bonds is 8. The van der Waals surface area contributed by atoms with Crippen LogP contribution in [-0.2, 0) is 14.3 Å². The van der Waals surface area contributed by atoms with Gasteiger partial charge in [0, 0.05) is 25.0 Å². The molecule has 1 fully saturated rings. The number of benzene rings is 2. The maximum atomic E-state index is 13.3. The Morgan fingerprint density at radius 3 is 2.26 bits per heavy atom. The molecular formula is C28H34N2O5. The number of carbonyl (C=O) groups is 3. The molecule has 1 saturated heterocycles. The molecule has 1 aliphatic carbocycles. The summed E-state index contributed by atoms with van der Waals surface area (Å²) in [6.07, 6.45) is 1.89. The number of carboxylic acids is 1. The number of ether oxygens (including phenoxy) is 1. The largest absolute Gasteiger partial charge is 0.481 e. The van der Waals surface area contributed by atoms with Crippen LogP contribution in [0, 0.1) is 11.8 Å². The van der Waals surface area contributed by atoms with Crippen LogP contribution in [0.3, 0.4) is 0 Å². The lowest BCUT2D eigenvalue weighted by atomic mass is 9.91. The molecule has 0 bridgehead atoms. The van der Waals surface area contributed by atoms with Crippen molar-refractivity contribution in [1.29, 1.82) is 0 Å². The number of aliphatic carboxylic acids is 1. The van der Waals surface area contributed by atoms with E-state index < -0.39 is 18.0 Å². The van der Waals surface area contributed by atoms with Crippen LogP contribution in [0.15, 0.2) is 48.5 Å². The Bertz CT molecular complexity index is 1040. The van der Waals surface area contributed by atoms with E-state index in [1.54, 1.807) is 4.90 Å². The van der Waals surface area contributed by atoms with Crippen LogP contribution in [0.2, 0.25) is 0 Å². The van der Waals surface area contributed by atoms with Gasteiger partial charge in [0.1, 0.15) is 6.61 Å². The van der Waals surface area contributed by atoms with Crippen LogP contribution < -0.4 is 5.32 Å². The molecule has 2 aliphatic rings. The number of nitrogens with zero attached hydrogens (tertiary/aromatic N) is 1. The molecule has 7 nitrogen and oxygen atoms in total. The van der Waals surface area contributed by atoms with Crippen LogP contribution in [0.4, 0.5) is 4.79 Å². The fourth-order valence-corrected chi connectivity index (χ4v) is 5.37. The van der Waals surface area contributed by atoms with Crippen molar-refractivity contribution >= 4 is 18.0 Å². The highest BCUT2D eigenvalue weighted by Gasteiger charge is 2.34. The second-order valence-electron chi connectivity index (χ2n) is 9.84. The summed E-state index contributed by atoms with van der Waals surface area (Å²) in [5.41, 5.74) is 4.62. The van der Waals surface area contributed by atoms with Crippen molar-refractivity contribution in [3.05, 3.63) is 59.7 Å². The second kappa shape index (κ2) is 10.9. The van der Waals surface area contributed by atoms with Gasteiger partial charge < -0.3 is 20.1 Å². The number of likely N-dealkylation sites (tertiary alicyclic amines) is 1. The fraction of sp³-hybridized carbons (Fsp3) is 0.464. The summed E-state index contributed by atoms with van der Waals surface area (Å²) in [5.74, 6) is -1.47. The summed E-state index contributed by atoms with van der Waals surface area (Å²) in [7, 11) is 0. The molecule has 1 heterocycles. The third kappa shape index (κ3) is 5.50. The minimum atomic E-state index is -0.896. The van der Waals surface area contributed by atoms with Crippen molar-refractivity contribution in [2.24, 2.45) is 11.8 Å². The first-order valence-corrected chi connectivity index (χ1v) is 12.5. The van der Waals surface area contributed by atoms with Gasteiger partial charge in [-0.05, 0) is 47.4 Å². The van der Waals surface area contributed by atoms with Gasteiger partial charge in [-0.2, -0.15) is 0 Å². The number of alkyl carbamates (subject to hydrolysis) is 1. The lowest BCUT2D eigenvalue weighted by Gasteiger charge is -2.38. The van der Waals surface area contributed by atoms with Crippen molar-refractivity contribution in [3.63, 3.8) is 0 Å². The Labute approximate surface area is 206 Å². The van der Waals surface area contributed by atoms with Gasteiger partial charge >= 0.3 is 12.1 Å². The van der Waals surface area contributed by atoms with E-state index in [9.17, 15) is 19.5 Å². The number of piperidine rings is 1. The van der Waals surface area contributed by atoms with Crippen molar-refractivity contribution in [2.45, 2.75) is 51.5 Å². The number of amides is 2. The average molecular weight is 479 g/mol. The van der Waals surface area contributed by atoms with Crippen LogP contribution in [0.5, 0.6) is 0 Å². The summed E-state index contributed by atoms with van der Waals surface area (Å²) in [5, 5.41) is 12.0. The number of hydrogen-bond donors (Lipinski definition) is 2. The number of nitrogens with one attached hydrogen (secondary N) is 1. The Balaban J connectivity index is 1.36. The van der Waals surface area contributed by atoms with Crippen LogP contribution in [-0.4, -0.2) is 53.7 Å². The minimum absolute atomic E-state index is 0.0104. The number of fused-ring (bicyclic) bond motifs is 3. The molecule has 0 saturated carbocycles. The Hall–Kier alpha value is -3.35. The summed E-state index contributed by atoms with van der Waals surface area (Å²) >= 11 is 0. The maximum absolute atomic E-state index is 13.3. The first-order chi connectivity index (χ1) is 16.9. The smallest absolute Gasteiger partial charge is 0.407 e. The Morgan fingerprint density at radius 2 is 1.66 bits per heavy atom. The van der Waals surface area contributed by atoms with Crippen molar-refractivity contribution in [2.75, 3.05) is 19.7 Å². The highest BCUT2D eigenvalue weighted by Crippen LogP contribution is 2.44. The molecule has 2 aromatic rings. The van der Waals surface area contributed by atoms with E-state index in [4.69, 9.17) is 4.74 Å². The Kier molecular flexibility index (Phi) is 7.73. The average Bonchev–Trinajstić information content (AvgIpc) is 3.16. The zero-order valence-electron chi connectivity index (χ0n) is 20.4. The molecule has 2 atom stereocenters. The van der Waals surface area contributed by atoms with Crippen LogP contribution in [0.25, 0.3) is 11.1 Å². The van der Waals surface area contributed by atoms with Gasteiger partial charge in [-0.25, -0.2) is 4.79 Å².